The number of nitrogens with zero attached hydrogens (tertiary/aromatic N) is 3. The zero-order valence-corrected chi connectivity index (χ0v) is 21.0. The molecular weight excluding hydrogens is 490 g/mol. The lowest BCUT2D eigenvalue weighted by Crippen LogP contribution is -2.52. The summed E-state index contributed by atoms with van der Waals surface area (Å²) in [6.45, 7) is 4.57. The van der Waals surface area contributed by atoms with Gasteiger partial charge in [0.15, 0.2) is 0 Å². The van der Waals surface area contributed by atoms with Crippen LogP contribution in [0, 0.1) is 12.8 Å². The van der Waals surface area contributed by atoms with Crippen molar-refractivity contribution < 1.29 is 13.2 Å². The van der Waals surface area contributed by atoms with Gasteiger partial charge in [0.2, 0.25) is 15.9 Å². The predicted octanol–water partition coefficient (Wildman–Crippen LogP) is 2.57. The number of hydrogen-bond donors (Lipinski definition) is 2. The zero-order valence-electron chi connectivity index (χ0n) is 19.5. The van der Waals surface area contributed by atoms with E-state index in [9.17, 15) is 18.0 Å². The maximum absolute atomic E-state index is 13.2. The van der Waals surface area contributed by atoms with Gasteiger partial charge in [0.25, 0.3) is 5.56 Å². The Morgan fingerprint density at radius 3 is 2.40 bits per heavy atom. The van der Waals surface area contributed by atoms with E-state index >= 15 is 0 Å². The lowest BCUT2D eigenvalue weighted by molar-refractivity contribution is -0.137. The van der Waals surface area contributed by atoms with Gasteiger partial charge in [-0.1, -0.05) is 11.6 Å². The van der Waals surface area contributed by atoms with E-state index in [1.165, 1.54) is 4.31 Å². The van der Waals surface area contributed by atoms with Crippen LogP contribution < -0.4 is 10.5 Å². The Hall–Kier alpha value is -2.82. The number of carbonyl (C=O) groups excluding carboxylic acids is 1. The average molecular weight is 518 g/mol. The van der Waals surface area contributed by atoms with Crippen LogP contribution in [0.1, 0.15) is 18.4 Å². The second-order valence-corrected chi connectivity index (χ2v) is 11.5. The molecule has 2 fully saturated rings. The summed E-state index contributed by atoms with van der Waals surface area (Å²) in [7, 11) is -3.66. The summed E-state index contributed by atoms with van der Waals surface area (Å²) in [4.78, 5) is 34.7. The van der Waals surface area contributed by atoms with E-state index in [1.54, 1.807) is 42.4 Å². The Kier molecular flexibility index (Phi) is 6.37. The van der Waals surface area contributed by atoms with E-state index < -0.39 is 10.0 Å². The second kappa shape index (κ2) is 9.33. The van der Waals surface area contributed by atoms with Gasteiger partial charge >= 0.3 is 0 Å². The number of pyridine rings is 1. The van der Waals surface area contributed by atoms with Crippen molar-refractivity contribution in [2.75, 3.05) is 44.2 Å². The number of aryl methyl sites for hydroxylation is 1. The first-order chi connectivity index (χ1) is 16.7. The minimum absolute atomic E-state index is 0.0710. The molecule has 1 amide bonds. The molecule has 186 valence electrons. The quantitative estimate of drug-likeness (QED) is 0.553. The Balaban J connectivity index is 1.18. The van der Waals surface area contributed by atoms with E-state index in [4.69, 9.17) is 11.6 Å². The van der Waals surface area contributed by atoms with Crippen LogP contribution in [0.3, 0.4) is 0 Å². The van der Waals surface area contributed by atoms with Crippen molar-refractivity contribution in [1.29, 1.82) is 0 Å². The molecule has 0 atom stereocenters. The van der Waals surface area contributed by atoms with Gasteiger partial charge in [0.1, 0.15) is 0 Å². The fraction of sp³-hybridized carbons (Fsp3) is 0.417. The molecule has 0 aliphatic carbocycles. The van der Waals surface area contributed by atoms with E-state index in [1.807, 2.05) is 6.07 Å². The molecule has 2 saturated heterocycles. The van der Waals surface area contributed by atoms with Crippen molar-refractivity contribution in [2.45, 2.75) is 24.7 Å². The molecule has 5 rings (SSSR count). The Morgan fingerprint density at radius 1 is 1.00 bits per heavy atom. The van der Waals surface area contributed by atoms with Gasteiger partial charge in [0, 0.05) is 74.0 Å². The van der Waals surface area contributed by atoms with Crippen LogP contribution in [0.5, 0.6) is 0 Å². The summed E-state index contributed by atoms with van der Waals surface area (Å²) >= 11 is 6.10. The number of nitrogens with one attached hydrogen (secondary N) is 2. The van der Waals surface area contributed by atoms with Crippen LogP contribution in [0.25, 0.3) is 10.9 Å². The summed E-state index contributed by atoms with van der Waals surface area (Å²) in [5.74, 6) is 0.0279. The highest BCUT2D eigenvalue weighted by molar-refractivity contribution is 7.89. The summed E-state index contributed by atoms with van der Waals surface area (Å²) < 4.78 is 27.8. The number of aromatic nitrogens is 2. The topological polar surface area (TPSA) is 110 Å². The number of fused-ring (bicyclic) bond motifs is 1. The first kappa shape index (κ1) is 23.9. The molecule has 0 spiro atoms. The minimum Gasteiger partial charge on any atom is -0.370 e. The molecule has 35 heavy (non-hydrogen) atoms. The fourth-order valence-corrected chi connectivity index (χ4v) is 6.60. The number of rotatable bonds is 4. The molecule has 3 aromatic rings. The average Bonchev–Trinajstić information content (AvgIpc) is 3.25. The number of hydrogen-bond acceptors (Lipinski definition) is 5. The molecule has 0 unspecified atom stereocenters. The summed E-state index contributed by atoms with van der Waals surface area (Å²) in [6, 6.07) is 6.77. The molecule has 1 aromatic carbocycles. The number of piperidine rings is 1. The maximum Gasteiger partial charge on any atom is 0.250 e. The Bertz CT molecular complexity index is 1420. The van der Waals surface area contributed by atoms with Crippen LogP contribution in [0.4, 0.5) is 5.69 Å². The molecule has 0 radical (unpaired) electrons. The molecule has 2 aliphatic rings. The number of piperazine rings is 1. The number of aromatic amines is 2. The SMILES string of the molecule is Cc1cc(N2CCC(C(=O)N3CCN(S(=O)(=O)c4ccc5c(Cl)c[nH]c5c4)CC3)CC2)c[nH]c1=O. The van der Waals surface area contributed by atoms with Gasteiger partial charge in [-0.25, -0.2) is 8.42 Å². The van der Waals surface area contributed by atoms with Crippen molar-refractivity contribution in [1.82, 2.24) is 19.2 Å². The van der Waals surface area contributed by atoms with E-state index in [2.05, 4.69) is 14.9 Å². The highest BCUT2D eigenvalue weighted by atomic mass is 35.5. The van der Waals surface area contributed by atoms with Crippen LogP contribution in [-0.4, -0.2) is 72.8 Å². The largest absolute Gasteiger partial charge is 0.370 e. The highest BCUT2D eigenvalue weighted by Gasteiger charge is 2.34. The van der Waals surface area contributed by atoms with Gasteiger partial charge in [-0.2, -0.15) is 4.31 Å². The number of halogens is 1. The molecule has 11 heteroatoms. The van der Waals surface area contributed by atoms with Crippen molar-refractivity contribution >= 4 is 44.1 Å². The maximum atomic E-state index is 13.2. The fourth-order valence-electron chi connectivity index (χ4n) is 4.94. The normalized spacial score (nSPS) is 18.3. The van der Waals surface area contributed by atoms with Crippen molar-refractivity contribution in [3.8, 4) is 0 Å². The third-order valence-electron chi connectivity index (χ3n) is 7.07. The molecule has 2 N–H and O–H groups in total. The first-order valence-corrected chi connectivity index (χ1v) is 13.6. The molecule has 2 aromatic heterocycles. The smallest absolute Gasteiger partial charge is 0.250 e. The standard InChI is InChI=1S/C24H28ClN5O4S/c1-16-12-18(14-27-23(16)31)28-6-4-17(5-7-28)24(32)29-8-10-30(11-9-29)35(33,34)19-2-3-20-21(25)15-26-22(20)13-19/h2-3,12-15,17,26H,4-11H2,1H3,(H,27,31). The van der Waals surface area contributed by atoms with Crippen molar-refractivity contribution in [3.05, 3.63) is 57.6 Å². The Morgan fingerprint density at radius 2 is 1.71 bits per heavy atom. The van der Waals surface area contributed by atoms with Crippen molar-refractivity contribution in [2.24, 2.45) is 5.92 Å². The Labute approximate surface area is 208 Å². The van der Waals surface area contributed by atoms with Gasteiger partial charge < -0.3 is 19.8 Å². The van der Waals surface area contributed by atoms with Gasteiger partial charge in [-0.15, -0.1) is 0 Å². The lowest BCUT2D eigenvalue weighted by atomic mass is 9.94. The number of sulfonamides is 1. The molecule has 0 saturated carbocycles. The molecule has 4 heterocycles. The third-order valence-corrected chi connectivity index (χ3v) is 9.28. The number of anilines is 1. The van der Waals surface area contributed by atoms with Crippen LogP contribution in [0.15, 0.2) is 46.3 Å². The first-order valence-electron chi connectivity index (χ1n) is 11.7. The summed E-state index contributed by atoms with van der Waals surface area (Å²) in [5, 5.41) is 1.33. The molecular formula is C24H28ClN5O4S. The number of benzene rings is 1. The van der Waals surface area contributed by atoms with E-state index in [0.717, 1.165) is 37.0 Å². The number of carbonyl (C=O) groups is 1. The summed E-state index contributed by atoms with van der Waals surface area (Å²) in [6.07, 6.45) is 4.82. The van der Waals surface area contributed by atoms with E-state index in [0.29, 0.717) is 29.2 Å². The van der Waals surface area contributed by atoms with Crippen molar-refractivity contribution in [3.63, 3.8) is 0 Å². The van der Waals surface area contributed by atoms with Crippen LogP contribution >= 0.6 is 11.6 Å². The highest BCUT2D eigenvalue weighted by Crippen LogP contribution is 2.28. The zero-order chi connectivity index (χ0) is 24.7. The number of amides is 1. The van der Waals surface area contributed by atoms with Gasteiger partial charge in [-0.3, -0.25) is 9.59 Å². The molecule has 2 aliphatic heterocycles. The number of H-pyrrole nitrogens is 2. The minimum atomic E-state index is -3.66. The van der Waals surface area contributed by atoms with Gasteiger partial charge in [0.05, 0.1) is 15.6 Å². The third kappa shape index (κ3) is 4.57. The molecule has 0 bridgehead atoms. The van der Waals surface area contributed by atoms with E-state index in [-0.39, 0.29) is 35.4 Å². The van der Waals surface area contributed by atoms with Crippen LogP contribution in [0.2, 0.25) is 5.02 Å². The van der Waals surface area contributed by atoms with Crippen LogP contribution in [-0.2, 0) is 14.8 Å². The second-order valence-electron chi connectivity index (χ2n) is 9.20. The van der Waals surface area contributed by atoms with Gasteiger partial charge in [-0.05, 0) is 44.0 Å². The molecule has 9 nitrogen and oxygen atoms in total. The monoisotopic (exact) mass is 517 g/mol. The lowest BCUT2D eigenvalue weighted by Gasteiger charge is -2.38. The predicted molar refractivity (Wildman–Crippen MR) is 135 cm³/mol. The summed E-state index contributed by atoms with van der Waals surface area (Å²) in [5.41, 5.74) is 2.22.